The fourth-order valence-electron chi connectivity index (χ4n) is 1.68. The summed E-state index contributed by atoms with van der Waals surface area (Å²) in [5, 5.41) is 0. The Morgan fingerprint density at radius 3 is 2.84 bits per heavy atom. The van der Waals surface area contributed by atoms with Gasteiger partial charge in [-0.2, -0.15) is 0 Å². The van der Waals surface area contributed by atoms with Gasteiger partial charge >= 0.3 is 0 Å². The van der Waals surface area contributed by atoms with E-state index < -0.39 is 0 Å². The van der Waals surface area contributed by atoms with Gasteiger partial charge in [-0.15, -0.1) is 11.3 Å². The molecule has 94 valence electrons. The van der Waals surface area contributed by atoms with Crippen LogP contribution in [0.5, 0.6) is 0 Å². The molecule has 0 N–H and O–H groups in total. The van der Waals surface area contributed by atoms with Gasteiger partial charge in [-0.05, 0) is 30.3 Å². The van der Waals surface area contributed by atoms with Crippen LogP contribution in [0.15, 0.2) is 56.2 Å². The third-order valence-corrected chi connectivity index (χ3v) is 5.24. The van der Waals surface area contributed by atoms with E-state index in [4.69, 9.17) is 0 Å². The lowest BCUT2D eigenvalue weighted by molar-refractivity contribution is 0.112. The van der Waals surface area contributed by atoms with Gasteiger partial charge in [-0.3, -0.25) is 4.79 Å². The monoisotopic (exact) mass is 349 g/mol. The molecule has 0 amide bonds. The van der Waals surface area contributed by atoms with E-state index in [1.807, 2.05) is 36.4 Å². The van der Waals surface area contributed by atoms with Gasteiger partial charge < -0.3 is 0 Å². The molecule has 0 unspecified atom stereocenters. The standard InChI is InChI=1S/C14H8BrNOS2/c15-10-6-5-9(8-17)13(7-10)19-14-16-11-3-1-2-4-12(11)18-14/h1-8H. The van der Waals surface area contributed by atoms with Crippen LogP contribution in [-0.2, 0) is 0 Å². The number of halogens is 1. The molecule has 0 bridgehead atoms. The lowest BCUT2D eigenvalue weighted by atomic mass is 10.2. The highest BCUT2D eigenvalue weighted by Gasteiger charge is 2.09. The molecule has 1 aromatic heterocycles. The molecular weight excluding hydrogens is 342 g/mol. The minimum absolute atomic E-state index is 0.687. The number of hydrogen-bond acceptors (Lipinski definition) is 4. The van der Waals surface area contributed by atoms with Gasteiger partial charge in [0.1, 0.15) is 0 Å². The first-order valence-electron chi connectivity index (χ1n) is 5.54. The van der Waals surface area contributed by atoms with Gasteiger partial charge in [0.05, 0.1) is 10.2 Å². The Bertz CT molecular complexity index is 721. The maximum Gasteiger partial charge on any atom is 0.155 e. The minimum atomic E-state index is 0.687. The normalized spacial score (nSPS) is 10.8. The number of hydrogen-bond donors (Lipinski definition) is 0. The van der Waals surface area contributed by atoms with E-state index in [-0.39, 0.29) is 0 Å². The quantitative estimate of drug-likeness (QED) is 0.621. The number of carbonyl (C=O) groups excluding carboxylic acids is 1. The molecule has 0 aliphatic carbocycles. The van der Waals surface area contributed by atoms with Crippen LogP contribution in [0, 0.1) is 0 Å². The first-order chi connectivity index (χ1) is 9.26. The molecule has 0 fully saturated rings. The third kappa shape index (κ3) is 2.73. The van der Waals surface area contributed by atoms with E-state index >= 15 is 0 Å². The van der Waals surface area contributed by atoms with Crippen molar-refractivity contribution in [2.45, 2.75) is 9.24 Å². The predicted molar refractivity (Wildman–Crippen MR) is 83.3 cm³/mol. The smallest absolute Gasteiger partial charge is 0.155 e. The van der Waals surface area contributed by atoms with Crippen LogP contribution in [0.3, 0.4) is 0 Å². The van der Waals surface area contributed by atoms with E-state index in [0.717, 1.165) is 30.2 Å². The number of aromatic nitrogens is 1. The van der Waals surface area contributed by atoms with Gasteiger partial charge in [0.25, 0.3) is 0 Å². The summed E-state index contributed by atoms with van der Waals surface area (Å²) in [6.07, 6.45) is 0.877. The summed E-state index contributed by atoms with van der Waals surface area (Å²) in [4.78, 5) is 16.5. The van der Waals surface area contributed by atoms with E-state index in [2.05, 4.69) is 27.0 Å². The Labute approximate surface area is 127 Å². The molecule has 3 aromatic rings. The van der Waals surface area contributed by atoms with E-state index in [1.165, 1.54) is 11.8 Å². The number of carbonyl (C=O) groups is 1. The van der Waals surface area contributed by atoms with E-state index in [0.29, 0.717) is 5.56 Å². The van der Waals surface area contributed by atoms with Crippen LogP contribution < -0.4 is 0 Å². The maximum atomic E-state index is 11.1. The predicted octanol–water partition coefficient (Wildman–Crippen LogP) is 5.02. The first kappa shape index (κ1) is 12.8. The molecule has 19 heavy (non-hydrogen) atoms. The topological polar surface area (TPSA) is 30.0 Å². The van der Waals surface area contributed by atoms with Crippen molar-refractivity contribution in [1.29, 1.82) is 0 Å². The maximum absolute atomic E-state index is 11.1. The molecule has 0 atom stereocenters. The van der Waals surface area contributed by atoms with Crippen LogP contribution in [0.25, 0.3) is 10.2 Å². The molecule has 1 heterocycles. The zero-order valence-corrected chi connectivity index (χ0v) is 12.9. The molecule has 0 spiro atoms. The summed E-state index contributed by atoms with van der Waals surface area (Å²) in [6.45, 7) is 0. The summed E-state index contributed by atoms with van der Waals surface area (Å²) < 4.78 is 3.07. The lowest BCUT2D eigenvalue weighted by Gasteiger charge is -2.02. The molecule has 0 saturated carbocycles. The minimum Gasteiger partial charge on any atom is -0.298 e. The number of rotatable bonds is 3. The molecule has 2 nitrogen and oxygen atoms in total. The van der Waals surface area contributed by atoms with Crippen molar-refractivity contribution in [1.82, 2.24) is 4.98 Å². The van der Waals surface area contributed by atoms with Crippen molar-refractivity contribution in [3.63, 3.8) is 0 Å². The highest BCUT2D eigenvalue weighted by Crippen LogP contribution is 2.36. The Morgan fingerprint density at radius 2 is 2.05 bits per heavy atom. The Hall–Kier alpha value is -1.17. The number of fused-ring (bicyclic) bond motifs is 1. The largest absolute Gasteiger partial charge is 0.298 e. The van der Waals surface area contributed by atoms with E-state index in [9.17, 15) is 4.79 Å². The summed E-state index contributed by atoms with van der Waals surface area (Å²) in [5.74, 6) is 0. The highest BCUT2D eigenvalue weighted by atomic mass is 79.9. The van der Waals surface area contributed by atoms with Crippen LogP contribution in [-0.4, -0.2) is 11.3 Å². The van der Waals surface area contributed by atoms with Crippen molar-refractivity contribution >= 4 is 55.5 Å². The van der Waals surface area contributed by atoms with Crippen LogP contribution in [0.4, 0.5) is 0 Å². The molecule has 5 heteroatoms. The average molecular weight is 350 g/mol. The average Bonchev–Trinajstić information content (AvgIpc) is 2.81. The van der Waals surface area contributed by atoms with Crippen molar-refractivity contribution < 1.29 is 4.79 Å². The molecule has 0 radical (unpaired) electrons. The number of aldehydes is 1. The molecule has 3 rings (SSSR count). The summed E-state index contributed by atoms with van der Waals surface area (Å²) in [7, 11) is 0. The van der Waals surface area contributed by atoms with Gasteiger partial charge in [-0.1, -0.05) is 39.8 Å². The van der Waals surface area contributed by atoms with Gasteiger partial charge in [-0.25, -0.2) is 4.98 Å². The number of para-hydroxylation sites is 1. The summed E-state index contributed by atoms with van der Waals surface area (Å²) >= 11 is 6.59. The molecular formula is C14H8BrNOS2. The second-order valence-corrected chi connectivity index (χ2v) is 7.08. The Morgan fingerprint density at radius 1 is 1.21 bits per heavy atom. The van der Waals surface area contributed by atoms with Gasteiger partial charge in [0, 0.05) is 14.9 Å². The molecule has 0 saturated heterocycles. The molecule has 2 aromatic carbocycles. The lowest BCUT2D eigenvalue weighted by Crippen LogP contribution is -1.84. The molecule has 0 aliphatic heterocycles. The van der Waals surface area contributed by atoms with Crippen LogP contribution in [0.2, 0.25) is 0 Å². The van der Waals surface area contributed by atoms with Crippen molar-refractivity contribution in [3.05, 3.63) is 52.5 Å². The Balaban J connectivity index is 2.00. The highest BCUT2D eigenvalue weighted by molar-refractivity contribution is 9.10. The van der Waals surface area contributed by atoms with Crippen LogP contribution >= 0.6 is 39.0 Å². The van der Waals surface area contributed by atoms with Crippen molar-refractivity contribution in [3.8, 4) is 0 Å². The number of nitrogens with zero attached hydrogens (tertiary/aromatic N) is 1. The van der Waals surface area contributed by atoms with Crippen LogP contribution in [0.1, 0.15) is 10.4 Å². The summed E-state index contributed by atoms with van der Waals surface area (Å²) in [6, 6.07) is 13.7. The zero-order valence-electron chi connectivity index (χ0n) is 9.67. The van der Waals surface area contributed by atoms with Gasteiger partial charge in [0.15, 0.2) is 10.6 Å². The summed E-state index contributed by atoms with van der Waals surface area (Å²) in [5.41, 5.74) is 1.69. The van der Waals surface area contributed by atoms with Crippen molar-refractivity contribution in [2.75, 3.05) is 0 Å². The molecule has 0 aliphatic rings. The second kappa shape index (κ2) is 5.45. The SMILES string of the molecule is O=Cc1ccc(Br)cc1Sc1nc2ccccc2s1. The fourth-order valence-corrected chi connectivity index (χ4v) is 4.35. The fraction of sp³-hybridized carbons (Fsp3) is 0. The Kier molecular flexibility index (Phi) is 3.68. The number of thiazole rings is 1. The number of benzene rings is 2. The van der Waals surface area contributed by atoms with E-state index in [1.54, 1.807) is 11.3 Å². The zero-order chi connectivity index (χ0) is 13.2. The first-order valence-corrected chi connectivity index (χ1v) is 7.97. The third-order valence-electron chi connectivity index (χ3n) is 2.57. The van der Waals surface area contributed by atoms with Gasteiger partial charge in [0.2, 0.25) is 0 Å². The second-order valence-electron chi connectivity index (χ2n) is 3.85. The van der Waals surface area contributed by atoms with Crippen molar-refractivity contribution in [2.24, 2.45) is 0 Å².